The molecular weight excluding hydrogens is 416 g/mol. The van der Waals surface area contributed by atoms with Crippen molar-refractivity contribution in [2.24, 2.45) is 0 Å². The molecule has 1 saturated heterocycles. The lowest BCUT2D eigenvalue weighted by Gasteiger charge is -2.40. The largest absolute Gasteiger partial charge is 0.481 e. The van der Waals surface area contributed by atoms with E-state index in [1.165, 1.54) is 13.3 Å². The van der Waals surface area contributed by atoms with Gasteiger partial charge >= 0.3 is 0 Å². The van der Waals surface area contributed by atoms with Crippen LogP contribution in [0.2, 0.25) is 0 Å². The highest BCUT2D eigenvalue weighted by atomic mass is 16.5. The average molecular weight is 445 g/mol. The molecule has 33 heavy (non-hydrogen) atoms. The highest BCUT2D eigenvalue weighted by molar-refractivity contribution is 5.98. The third-order valence-corrected chi connectivity index (χ3v) is 5.91. The van der Waals surface area contributed by atoms with Crippen molar-refractivity contribution in [2.45, 2.75) is 25.8 Å². The summed E-state index contributed by atoms with van der Waals surface area (Å²) in [5, 5.41) is 0. The predicted molar refractivity (Wildman–Crippen MR) is 126 cm³/mol. The van der Waals surface area contributed by atoms with Crippen molar-refractivity contribution in [3.63, 3.8) is 0 Å². The van der Waals surface area contributed by atoms with Crippen LogP contribution < -0.4 is 4.74 Å². The first kappa shape index (κ1) is 22.5. The lowest BCUT2D eigenvalue weighted by molar-refractivity contribution is -0.140. The number of aromatic nitrogens is 2. The second-order valence-corrected chi connectivity index (χ2v) is 8.07. The standard InChI is InChI=1S/C26H28N4O3/c1-3-13-29-14-15-30(25(31)22-10-11-24(33-2)28-18-22)23(26(29)32)16-19-6-8-20(9-7-19)21-5-4-12-27-17-21/h4-12,17-18,23H,3,13-16H2,1-2H3/t23-/m0/s1. The summed E-state index contributed by atoms with van der Waals surface area (Å²) in [6, 6.07) is 14.8. The van der Waals surface area contributed by atoms with E-state index >= 15 is 0 Å². The van der Waals surface area contributed by atoms with E-state index < -0.39 is 6.04 Å². The number of piperazine rings is 1. The fourth-order valence-electron chi connectivity index (χ4n) is 4.15. The third-order valence-electron chi connectivity index (χ3n) is 5.91. The molecular formula is C26H28N4O3. The molecule has 1 aliphatic heterocycles. The van der Waals surface area contributed by atoms with Crippen molar-refractivity contribution >= 4 is 11.8 Å². The Morgan fingerprint density at radius 2 is 1.88 bits per heavy atom. The van der Waals surface area contributed by atoms with E-state index in [0.29, 0.717) is 37.5 Å². The molecule has 1 aromatic carbocycles. The van der Waals surface area contributed by atoms with Crippen molar-refractivity contribution in [3.8, 4) is 17.0 Å². The molecule has 3 aromatic rings. The monoisotopic (exact) mass is 444 g/mol. The van der Waals surface area contributed by atoms with Gasteiger partial charge in [-0.05, 0) is 35.2 Å². The van der Waals surface area contributed by atoms with Crippen molar-refractivity contribution < 1.29 is 14.3 Å². The van der Waals surface area contributed by atoms with Crippen LogP contribution in [-0.4, -0.2) is 64.4 Å². The number of rotatable bonds is 7. The molecule has 0 bridgehead atoms. The van der Waals surface area contributed by atoms with E-state index in [9.17, 15) is 9.59 Å². The molecule has 7 nitrogen and oxygen atoms in total. The Morgan fingerprint density at radius 3 is 2.52 bits per heavy atom. The van der Waals surface area contributed by atoms with Gasteiger partial charge in [-0.2, -0.15) is 0 Å². The zero-order valence-corrected chi connectivity index (χ0v) is 19.0. The maximum absolute atomic E-state index is 13.3. The topological polar surface area (TPSA) is 75.6 Å². The molecule has 3 heterocycles. The first-order valence-electron chi connectivity index (χ1n) is 11.2. The first-order chi connectivity index (χ1) is 16.1. The Bertz CT molecular complexity index is 1080. The summed E-state index contributed by atoms with van der Waals surface area (Å²) in [6.45, 7) is 3.79. The number of methoxy groups -OCH3 is 1. The minimum absolute atomic E-state index is 0.00532. The number of hydrogen-bond donors (Lipinski definition) is 0. The van der Waals surface area contributed by atoms with Gasteiger partial charge in [-0.25, -0.2) is 4.98 Å². The molecule has 1 atom stereocenters. The molecule has 0 N–H and O–H groups in total. The summed E-state index contributed by atoms with van der Waals surface area (Å²) >= 11 is 0. The van der Waals surface area contributed by atoms with Crippen LogP contribution in [0.1, 0.15) is 29.3 Å². The fraction of sp³-hybridized carbons (Fsp3) is 0.308. The molecule has 1 aliphatic rings. The van der Waals surface area contributed by atoms with Gasteiger partial charge in [0.25, 0.3) is 5.91 Å². The van der Waals surface area contributed by atoms with Gasteiger partial charge in [0.1, 0.15) is 6.04 Å². The second kappa shape index (κ2) is 10.3. The lowest BCUT2D eigenvalue weighted by atomic mass is 9.98. The summed E-state index contributed by atoms with van der Waals surface area (Å²) in [6.07, 6.45) is 6.42. The summed E-state index contributed by atoms with van der Waals surface area (Å²) in [4.78, 5) is 38.5. The number of carbonyl (C=O) groups excluding carboxylic acids is 2. The van der Waals surface area contributed by atoms with E-state index in [4.69, 9.17) is 4.74 Å². The average Bonchev–Trinajstić information content (AvgIpc) is 2.87. The van der Waals surface area contributed by atoms with Crippen LogP contribution in [0.3, 0.4) is 0 Å². The van der Waals surface area contributed by atoms with E-state index in [1.54, 1.807) is 23.2 Å². The third kappa shape index (κ3) is 5.03. The molecule has 2 aromatic heterocycles. The molecule has 0 radical (unpaired) electrons. The Labute approximate surface area is 194 Å². The number of ether oxygens (including phenoxy) is 1. The van der Waals surface area contributed by atoms with Gasteiger partial charge in [-0.1, -0.05) is 37.3 Å². The zero-order valence-electron chi connectivity index (χ0n) is 19.0. The van der Waals surface area contributed by atoms with Crippen LogP contribution in [-0.2, 0) is 11.2 Å². The molecule has 0 spiro atoms. The minimum Gasteiger partial charge on any atom is -0.481 e. The smallest absolute Gasteiger partial charge is 0.256 e. The lowest BCUT2D eigenvalue weighted by Crippen LogP contribution is -2.59. The van der Waals surface area contributed by atoms with Crippen LogP contribution in [0.4, 0.5) is 0 Å². The predicted octanol–water partition coefficient (Wildman–Crippen LogP) is 3.46. The Kier molecular flexibility index (Phi) is 6.98. The van der Waals surface area contributed by atoms with E-state index in [2.05, 4.69) is 16.9 Å². The van der Waals surface area contributed by atoms with E-state index in [-0.39, 0.29) is 11.8 Å². The molecule has 0 unspecified atom stereocenters. The molecule has 1 fully saturated rings. The van der Waals surface area contributed by atoms with Gasteiger partial charge in [-0.3, -0.25) is 14.6 Å². The number of amides is 2. The van der Waals surface area contributed by atoms with Gasteiger partial charge in [0.05, 0.1) is 12.7 Å². The van der Waals surface area contributed by atoms with Gasteiger partial charge in [0.2, 0.25) is 11.8 Å². The highest BCUT2D eigenvalue weighted by Gasteiger charge is 2.37. The van der Waals surface area contributed by atoms with Crippen LogP contribution in [0, 0.1) is 0 Å². The van der Waals surface area contributed by atoms with Crippen molar-refractivity contribution in [3.05, 3.63) is 78.2 Å². The summed E-state index contributed by atoms with van der Waals surface area (Å²) in [5.74, 6) is 0.251. The molecule has 4 rings (SSSR count). The number of benzene rings is 1. The second-order valence-electron chi connectivity index (χ2n) is 8.07. The van der Waals surface area contributed by atoms with Gasteiger partial charge in [-0.15, -0.1) is 0 Å². The number of hydrogen-bond acceptors (Lipinski definition) is 5. The maximum Gasteiger partial charge on any atom is 0.256 e. The Hall–Kier alpha value is -3.74. The van der Waals surface area contributed by atoms with Gasteiger partial charge in [0.15, 0.2) is 0 Å². The number of carbonyl (C=O) groups is 2. The van der Waals surface area contributed by atoms with E-state index in [1.807, 2.05) is 47.5 Å². The molecule has 0 saturated carbocycles. The van der Waals surface area contributed by atoms with Gasteiger partial charge in [0, 0.05) is 50.7 Å². The minimum atomic E-state index is -0.552. The van der Waals surface area contributed by atoms with Crippen LogP contribution >= 0.6 is 0 Å². The summed E-state index contributed by atoms with van der Waals surface area (Å²) in [5.41, 5.74) is 3.55. The molecule has 170 valence electrons. The van der Waals surface area contributed by atoms with Gasteiger partial charge < -0.3 is 14.5 Å². The van der Waals surface area contributed by atoms with Crippen LogP contribution in [0.25, 0.3) is 11.1 Å². The Balaban J connectivity index is 1.57. The normalized spacial score (nSPS) is 16.1. The number of nitrogens with zero attached hydrogens (tertiary/aromatic N) is 4. The van der Waals surface area contributed by atoms with Crippen molar-refractivity contribution in [2.75, 3.05) is 26.7 Å². The number of pyridine rings is 2. The maximum atomic E-state index is 13.3. The van der Waals surface area contributed by atoms with Crippen LogP contribution in [0.15, 0.2) is 67.1 Å². The molecule has 0 aliphatic carbocycles. The molecule has 2 amide bonds. The first-order valence-corrected chi connectivity index (χ1v) is 11.2. The van der Waals surface area contributed by atoms with E-state index in [0.717, 1.165) is 23.1 Å². The fourth-order valence-corrected chi connectivity index (χ4v) is 4.15. The quantitative estimate of drug-likeness (QED) is 0.558. The van der Waals surface area contributed by atoms with Crippen molar-refractivity contribution in [1.29, 1.82) is 0 Å². The summed E-state index contributed by atoms with van der Waals surface area (Å²) < 4.78 is 5.09. The Morgan fingerprint density at radius 1 is 1.06 bits per heavy atom. The van der Waals surface area contributed by atoms with Crippen molar-refractivity contribution in [1.82, 2.24) is 19.8 Å². The SMILES string of the molecule is CCCN1CCN(C(=O)c2ccc(OC)nc2)[C@@H](Cc2ccc(-c3cccnc3)cc2)C1=O. The highest BCUT2D eigenvalue weighted by Crippen LogP contribution is 2.23. The summed E-state index contributed by atoms with van der Waals surface area (Å²) in [7, 11) is 1.53. The zero-order chi connectivity index (χ0) is 23.2. The van der Waals surface area contributed by atoms with Crippen LogP contribution in [0.5, 0.6) is 5.88 Å². The molecule has 7 heteroatoms.